The topological polar surface area (TPSA) is 24.9 Å². The Bertz CT molecular complexity index is 584. The third kappa shape index (κ3) is 3.87. The van der Waals surface area contributed by atoms with Crippen LogP contribution in [0.2, 0.25) is 0 Å². The summed E-state index contributed by atoms with van der Waals surface area (Å²) >= 11 is 1.65. The first-order chi connectivity index (χ1) is 9.39. The molecule has 4 heteroatoms. The Hall–Kier alpha value is -1.26. The second kappa shape index (κ2) is 6.02. The van der Waals surface area contributed by atoms with Crippen molar-refractivity contribution in [2.75, 3.05) is 0 Å². The molecule has 0 bridgehead atoms. The summed E-state index contributed by atoms with van der Waals surface area (Å²) in [7, 11) is 0. The molecule has 0 unspecified atom stereocenters. The molecule has 0 radical (unpaired) electrons. The monoisotopic (exact) mass is 292 g/mol. The summed E-state index contributed by atoms with van der Waals surface area (Å²) in [6, 6.07) is 6.63. The number of rotatable bonds is 4. The number of nitrogens with one attached hydrogen (secondary N) is 1. The first-order valence-electron chi connectivity index (χ1n) is 6.88. The van der Waals surface area contributed by atoms with Gasteiger partial charge in [0.25, 0.3) is 0 Å². The first kappa shape index (κ1) is 15.1. The number of aromatic nitrogens is 1. The van der Waals surface area contributed by atoms with Crippen LogP contribution >= 0.6 is 11.3 Å². The molecular formula is C16H21FN2S. The summed E-state index contributed by atoms with van der Waals surface area (Å²) in [6.07, 6.45) is 0.896. The van der Waals surface area contributed by atoms with Crippen molar-refractivity contribution in [2.45, 2.75) is 46.2 Å². The molecule has 2 aromatic rings. The third-order valence-corrected chi connectivity index (χ3v) is 4.11. The minimum absolute atomic E-state index is 0.0774. The van der Waals surface area contributed by atoms with E-state index in [-0.39, 0.29) is 11.4 Å². The largest absolute Gasteiger partial charge is 0.307 e. The van der Waals surface area contributed by atoms with Crippen LogP contribution < -0.4 is 5.32 Å². The van der Waals surface area contributed by atoms with Crippen molar-refractivity contribution in [1.29, 1.82) is 0 Å². The molecule has 0 amide bonds. The van der Waals surface area contributed by atoms with E-state index in [1.165, 1.54) is 10.9 Å². The predicted molar refractivity (Wildman–Crippen MR) is 83.5 cm³/mol. The van der Waals surface area contributed by atoms with Crippen LogP contribution in [0.1, 0.15) is 38.3 Å². The molecule has 20 heavy (non-hydrogen) atoms. The maximum atomic E-state index is 13.3. The van der Waals surface area contributed by atoms with E-state index in [4.69, 9.17) is 0 Å². The van der Waals surface area contributed by atoms with Crippen molar-refractivity contribution in [1.82, 2.24) is 10.3 Å². The summed E-state index contributed by atoms with van der Waals surface area (Å²) in [4.78, 5) is 5.89. The normalized spacial score (nSPS) is 11.8. The Morgan fingerprint density at radius 3 is 2.65 bits per heavy atom. The number of hydrogen-bond acceptors (Lipinski definition) is 3. The summed E-state index contributed by atoms with van der Waals surface area (Å²) in [6.45, 7) is 9.35. The van der Waals surface area contributed by atoms with Gasteiger partial charge in [-0.3, -0.25) is 0 Å². The van der Waals surface area contributed by atoms with Crippen molar-refractivity contribution in [3.8, 4) is 10.6 Å². The Labute approximate surface area is 124 Å². The summed E-state index contributed by atoms with van der Waals surface area (Å²) in [5, 5.41) is 4.38. The van der Waals surface area contributed by atoms with Gasteiger partial charge in [-0.15, -0.1) is 11.3 Å². The quantitative estimate of drug-likeness (QED) is 0.903. The third-order valence-electron chi connectivity index (χ3n) is 2.96. The van der Waals surface area contributed by atoms with E-state index in [0.717, 1.165) is 29.2 Å². The van der Waals surface area contributed by atoms with E-state index < -0.39 is 0 Å². The fourth-order valence-electron chi connectivity index (χ4n) is 1.89. The number of halogens is 1. The van der Waals surface area contributed by atoms with Crippen LogP contribution in [0.4, 0.5) is 4.39 Å². The van der Waals surface area contributed by atoms with Crippen molar-refractivity contribution in [3.05, 3.63) is 40.7 Å². The number of thiazole rings is 1. The van der Waals surface area contributed by atoms with E-state index in [0.29, 0.717) is 0 Å². The lowest BCUT2D eigenvalue weighted by Gasteiger charge is -2.20. The second-order valence-electron chi connectivity index (χ2n) is 5.86. The fraction of sp³-hybridized carbons (Fsp3) is 0.438. The maximum Gasteiger partial charge on any atom is 0.124 e. The number of nitrogens with zero attached hydrogens (tertiary/aromatic N) is 1. The highest BCUT2D eigenvalue weighted by molar-refractivity contribution is 7.15. The number of hydrogen-bond donors (Lipinski definition) is 1. The van der Waals surface area contributed by atoms with Gasteiger partial charge < -0.3 is 5.32 Å². The smallest absolute Gasteiger partial charge is 0.124 e. The molecule has 108 valence electrons. The zero-order valence-corrected chi connectivity index (χ0v) is 13.3. The van der Waals surface area contributed by atoms with Gasteiger partial charge in [0.2, 0.25) is 0 Å². The van der Waals surface area contributed by atoms with Crippen LogP contribution in [-0.2, 0) is 13.0 Å². The Morgan fingerprint density at radius 1 is 1.30 bits per heavy atom. The van der Waals surface area contributed by atoms with Crippen LogP contribution in [-0.4, -0.2) is 10.5 Å². The van der Waals surface area contributed by atoms with Gasteiger partial charge in [-0.1, -0.05) is 19.1 Å². The van der Waals surface area contributed by atoms with Crippen LogP contribution in [0.5, 0.6) is 0 Å². The molecule has 0 saturated carbocycles. The highest BCUT2D eigenvalue weighted by Gasteiger charge is 2.15. The SMILES string of the molecule is CCc1nc(-c2cccc(F)c2)sc1CNC(C)(C)C. The average molecular weight is 292 g/mol. The van der Waals surface area contributed by atoms with Crippen LogP contribution in [0.25, 0.3) is 10.6 Å². The molecule has 0 aliphatic heterocycles. The van der Waals surface area contributed by atoms with E-state index in [1.54, 1.807) is 23.5 Å². The minimum atomic E-state index is -0.217. The van der Waals surface area contributed by atoms with Crippen LogP contribution in [0, 0.1) is 5.82 Å². The molecule has 0 spiro atoms. The van der Waals surface area contributed by atoms with Crippen molar-refractivity contribution < 1.29 is 4.39 Å². The molecule has 0 fully saturated rings. The number of benzene rings is 1. The molecular weight excluding hydrogens is 271 g/mol. The lowest BCUT2D eigenvalue weighted by molar-refractivity contribution is 0.425. The van der Waals surface area contributed by atoms with E-state index >= 15 is 0 Å². The van der Waals surface area contributed by atoms with Gasteiger partial charge in [0, 0.05) is 22.5 Å². The molecule has 1 aromatic carbocycles. The lowest BCUT2D eigenvalue weighted by atomic mass is 10.1. The van der Waals surface area contributed by atoms with Gasteiger partial charge in [0.1, 0.15) is 10.8 Å². The van der Waals surface area contributed by atoms with Crippen LogP contribution in [0.15, 0.2) is 24.3 Å². The molecule has 0 aliphatic carbocycles. The van der Waals surface area contributed by atoms with Gasteiger partial charge in [-0.05, 0) is 39.3 Å². The Balaban J connectivity index is 2.26. The molecule has 0 atom stereocenters. The highest BCUT2D eigenvalue weighted by atomic mass is 32.1. The molecule has 2 rings (SSSR count). The maximum absolute atomic E-state index is 13.3. The van der Waals surface area contributed by atoms with E-state index in [2.05, 4.69) is 38.0 Å². The van der Waals surface area contributed by atoms with Crippen LogP contribution in [0.3, 0.4) is 0 Å². The van der Waals surface area contributed by atoms with Gasteiger partial charge >= 0.3 is 0 Å². The molecule has 0 saturated heterocycles. The molecule has 0 aliphatic rings. The molecule has 1 heterocycles. The summed E-state index contributed by atoms with van der Waals surface area (Å²) < 4.78 is 13.3. The van der Waals surface area contributed by atoms with Crippen molar-refractivity contribution >= 4 is 11.3 Å². The second-order valence-corrected chi connectivity index (χ2v) is 6.94. The molecule has 1 aromatic heterocycles. The predicted octanol–water partition coefficient (Wildman–Crippen LogP) is 4.40. The molecule has 2 nitrogen and oxygen atoms in total. The van der Waals surface area contributed by atoms with Crippen molar-refractivity contribution in [3.63, 3.8) is 0 Å². The summed E-state index contributed by atoms with van der Waals surface area (Å²) in [5.41, 5.74) is 2.03. The zero-order chi connectivity index (χ0) is 14.8. The van der Waals surface area contributed by atoms with Crippen molar-refractivity contribution in [2.24, 2.45) is 0 Å². The average Bonchev–Trinajstić information content (AvgIpc) is 2.79. The zero-order valence-electron chi connectivity index (χ0n) is 12.5. The molecule has 1 N–H and O–H groups in total. The van der Waals surface area contributed by atoms with Gasteiger partial charge in [-0.2, -0.15) is 0 Å². The standard InChI is InChI=1S/C16H21FN2S/c1-5-13-14(10-18-16(2,3)4)20-15(19-13)11-7-6-8-12(17)9-11/h6-9,18H,5,10H2,1-4H3. The first-order valence-corrected chi connectivity index (χ1v) is 7.70. The minimum Gasteiger partial charge on any atom is -0.307 e. The van der Waals surface area contributed by atoms with Gasteiger partial charge in [-0.25, -0.2) is 9.37 Å². The van der Waals surface area contributed by atoms with E-state index in [1.807, 2.05) is 6.07 Å². The Kier molecular flexibility index (Phi) is 4.55. The fourth-order valence-corrected chi connectivity index (χ4v) is 2.97. The van der Waals surface area contributed by atoms with Gasteiger partial charge in [0.05, 0.1) is 5.69 Å². The number of aryl methyl sites for hydroxylation is 1. The van der Waals surface area contributed by atoms with Gasteiger partial charge in [0.15, 0.2) is 0 Å². The summed E-state index contributed by atoms with van der Waals surface area (Å²) in [5.74, 6) is -0.217. The van der Waals surface area contributed by atoms with E-state index in [9.17, 15) is 4.39 Å². The highest BCUT2D eigenvalue weighted by Crippen LogP contribution is 2.29. The lowest BCUT2D eigenvalue weighted by Crippen LogP contribution is -2.35. The Morgan fingerprint density at radius 2 is 2.05 bits per heavy atom.